The number of hydrogen-bond acceptors (Lipinski definition) is 16. The summed E-state index contributed by atoms with van der Waals surface area (Å²) >= 11 is 0. The first-order valence-corrected chi connectivity index (χ1v) is 25.4. The Morgan fingerprint density at radius 1 is 0.603 bits per heavy atom. The summed E-state index contributed by atoms with van der Waals surface area (Å²) in [5.41, 5.74) is -1.18. The van der Waals surface area contributed by atoms with Crippen molar-refractivity contribution in [1.29, 1.82) is 0 Å². The Morgan fingerprint density at radius 2 is 0.966 bits per heavy atom. The fourth-order valence-electron chi connectivity index (χ4n) is 7.46. The number of phosphoric acid groups is 4. The first kappa shape index (κ1) is 50.7. The second-order valence-corrected chi connectivity index (χ2v) is 23.0. The molecule has 24 heteroatoms. The molecule has 4 heterocycles. The molecule has 4 aliphatic heterocycles. The average molecular weight is 917 g/mol. The van der Waals surface area contributed by atoms with Crippen molar-refractivity contribution in [2.24, 2.45) is 11.3 Å². The maximum absolute atomic E-state index is 13.3. The van der Waals surface area contributed by atoms with Crippen LogP contribution in [0.25, 0.3) is 0 Å². The number of hydrogen-bond donors (Lipinski definition) is 4. The van der Waals surface area contributed by atoms with Crippen LogP contribution in [0.5, 0.6) is 0 Å². The van der Waals surface area contributed by atoms with Gasteiger partial charge < -0.3 is 38.5 Å². The molecule has 0 aromatic carbocycles. The first-order valence-electron chi connectivity index (χ1n) is 19.4. The highest BCUT2D eigenvalue weighted by atomic mass is 31.2. The zero-order chi connectivity index (χ0) is 43.6. The fourth-order valence-corrected chi connectivity index (χ4v) is 11.6. The second-order valence-electron chi connectivity index (χ2n) is 17.5. The molecule has 0 bridgehead atoms. The van der Waals surface area contributed by atoms with Crippen LogP contribution in [0, 0.1) is 11.3 Å². The van der Waals surface area contributed by atoms with E-state index >= 15 is 0 Å². The first-order chi connectivity index (χ1) is 26.5. The molecule has 4 rings (SSSR count). The van der Waals surface area contributed by atoms with Crippen LogP contribution in [0.4, 0.5) is 0 Å². The summed E-state index contributed by atoms with van der Waals surface area (Å²) in [6, 6.07) is 0. The van der Waals surface area contributed by atoms with E-state index in [0.29, 0.717) is 0 Å². The molecular formula is C34H64O20P4. The fraction of sp³-hybridized carbons (Fsp3) is 0.941. The minimum atomic E-state index is -4.88. The van der Waals surface area contributed by atoms with Crippen LogP contribution in [0.1, 0.15) is 94.9 Å². The van der Waals surface area contributed by atoms with Crippen molar-refractivity contribution >= 4 is 31.3 Å². The van der Waals surface area contributed by atoms with Crippen molar-refractivity contribution in [3.63, 3.8) is 0 Å². The van der Waals surface area contributed by atoms with Gasteiger partial charge in [-0.1, -0.05) is 26.8 Å². The molecule has 4 saturated heterocycles. The lowest BCUT2D eigenvalue weighted by atomic mass is 9.75. The SMILES string of the molecule is C=CC(OP(=O)(O)O[C@@H]1C[C@H](C)O[C@@H]1COP(=O)(O)O[C@@H]1C[C@H](C)O[C@@H]1COP(=O)(O)O[C@@H]1C[C@H](C)O[C@@H]1COP(=O)(O)OC(C)(C)C)[C@H]1O[C@@H](C)C[C@H]1C(C)(C)C. The van der Waals surface area contributed by atoms with Crippen LogP contribution in [-0.2, 0) is 73.4 Å². The molecule has 340 valence electrons. The lowest BCUT2D eigenvalue weighted by molar-refractivity contribution is -0.0527. The maximum Gasteiger partial charge on any atom is 0.473 e. The molecule has 0 amide bonds. The van der Waals surface area contributed by atoms with Crippen molar-refractivity contribution in [2.45, 2.75) is 174 Å². The van der Waals surface area contributed by atoms with Crippen molar-refractivity contribution < 1.29 is 93.0 Å². The van der Waals surface area contributed by atoms with Gasteiger partial charge in [-0.05, 0) is 66.2 Å². The zero-order valence-electron chi connectivity index (χ0n) is 34.8. The molecule has 4 aliphatic rings. The Hall–Kier alpha value is 0.0200. The molecule has 0 aliphatic carbocycles. The quantitative estimate of drug-likeness (QED) is 0.0766. The minimum absolute atomic E-state index is 0.00169. The summed E-state index contributed by atoms with van der Waals surface area (Å²) in [5, 5.41) is 0. The zero-order valence-corrected chi connectivity index (χ0v) is 38.4. The smallest absolute Gasteiger partial charge is 0.372 e. The third-order valence-corrected chi connectivity index (χ3v) is 14.2. The molecule has 58 heavy (non-hydrogen) atoms. The molecule has 17 atom stereocenters. The molecule has 20 nitrogen and oxygen atoms in total. The molecule has 0 aromatic heterocycles. The van der Waals surface area contributed by atoms with Crippen molar-refractivity contribution in [1.82, 2.24) is 0 Å². The highest BCUT2D eigenvalue weighted by Gasteiger charge is 2.49. The molecule has 5 unspecified atom stereocenters. The monoisotopic (exact) mass is 916 g/mol. The Labute approximate surface area is 341 Å². The van der Waals surface area contributed by atoms with Crippen LogP contribution < -0.4 is 0 Å². The highest BCUT2D eigenvalue weighted by molar-refractivity contribution is 7.48. The molecule has 0 radical (unpaired) electrons. The van der Waals surface area contributed by atoms with Gasteiger partial charge >= 0.3 is 31.3 Å². The molecular weight excluding hydrogens is 852 g/mol. The van der Waals surface area contributed by atoms with Crippen molar-refractivity contribution in [3.8, 4) is 0 Å². The van der Waals surface area contributed by atoms with Crippen LogP contribution in [0.3, 0.4) is 0 Å². The largest absolute Gasteiger partial charge is 0.473 e. The van der Waals surface area contributed by atoms with Crippen LogP contribution >= 0.6 is 31.3 Å². The average Bonchev–Trinajstić information content (AvgIpc) is 3.80. The maximum atomic E-state index is 13.3. The van der Waals surface area contributed by atoms with E-state index in [9.17, 15) is 37.8 Å². The molecule has 0 spiro atoms. The van der Waals surface area contributed by atoms with Gasteiger partial charge in [-0.15, -0.1) is 6.58 Å². The minimum Gasteiger partial charge on any atom is -0.372 e. The lowest BCUT2D eigenvalue weighted by Gasteiger charge is -2.34. The van der Waals surface area contributed by atoms with Gasteiger partial charge in [0.15, 0.2) is 0 Å². The van der Waals surface area contributed by atoms with Crippen molar-refractivity contribution in [3.05, 3.63) is 12.7 Å². The third-order valence-electron chi connectivity index (χ3n) is 9.85. The normalized spacial score (nSPS) is 38.2. The third kappa shape index (κ3) is 15.7. The molecule has 4 N–H and O–H groups in total. The van der Waals surface area contributed by atoms with Crippen LogP contribution in [0.15, 0.2) is 12.7 Å². The van der Waals surface area contributed by atoms with E-state index < -0.39 is 124 Å². The predicted molar refractivity (Wildman–Crippen MR) is 206 cm³/mol. The number of ether oxygens (including phenoxy) is 4. The van der Waals surface area contributed by atoms with E-state index in [1.807, 2.05) is 6.92 Å². The van der Waals surface area contributed by atoms with Gasteiger partial charge in [0.2, 0.25) is 0 Å². The van der Waals surface area contributed by atoms with Gasteiger partial charge in [0.1, 0.15) is 42.7 Å². The Balaban J connectivity index is 1.30. The van der Waals surface area contributed by atoms with E-state index in [-0.39, 0.29) is 36.7 Å². The standard InChI is InChI=1S/C34H64O20P4/c1-12-25(32-24(33(6,7)8)13-20(2)49-32)50-58(41,42)53-28-16-23(5)47-30(28)18-44-56(37,38)51-26-14-21(3)46-29(26)17-43-55(35,36)52-27-15-22(4)48-31(27)19-45-57(39,40)54-34(9,10)11/h12,20-32H,1,13-19H2,2-11H3,(H,35,36)(H,37,38)(H,39,40)(H,41,42)/t20-,21-,22-,23-,24+,25?,26+,27+,28+,29+,30+,31+,32-/m0/s1. The predicted octanol–water partition coefficient (Wildman–Crippen LogP) is 6.35. The van der Waals surface area contributed by atoms with E-state index in [1.54, 1.807) is 41.5 Å². The summed E-state index contributed by atoms with van der Waals surface area (Å²) in [6.07, 6.45) is -7.06. The van der Waals surface area contributed by atoms with Gasteiger partial charge in [0.25, 0.3) is 0 Å². The Bertz CT molecular complexity index is 1570. The summed E-state index contributed by atoms with van der Waals surface area (Å²) < 4.78 is 118. The lowest BCUT2D eigenvalue weighted by Crippen LogP contribution is -2.38. The van der Waals surface area contributed by atoms with E-state index in [4.69, 9.17) is 55.1 Å². The molecule has 0 saturated carbocycles. The van der Waals surface area contributed by atoms with Crippen LogP contribution in [0.2, 0.25) is 0 Å². The Kier molecular flexibility index (Phi) is 17.3. The summed E-state index contributed by atoms with van der Waals surface area (Å²) in [5.74, 6) is 0.00169. The number of phosphoric ester groups is 4. The van der Waals surface area contributed by atoms with Gasteiger partial charge in [0.05, 0.1) is 55.9 Å². The van der Waals surface area contributed by atoms with Crippen molar-refractivity contribution in [2.75, 3.05) is 19.8 Å². The van der Waals surface area contributed by atoms with E-state index in [1.165, 1.54) is 6.08 Å². The van der Waals surface area contributed by atoms with Crippen LogP contribution in [-0.4, -0.2) is 118 Å². The van der Waals surface area contributed by atoms with E-state index in [0.717, 1.165) is 6.42 Å². The topological polar surface area (TPSA) is 260 Å². The van der Waals surface area contributed by atoms with Gasteiger partial charge in [-0.25, -0.2) is 18.3 Å². The summed E-state index contributed by atoms with van der Waals surface area (Å²) in [4.78, 5) is 42.2. The molecule has 4 fully saturated rings. The Morgan fingerprint density at radius 3 is 1.33 bits per heavy atom. The van der Waals surface area contributed by atoms with Gasteiger partial charge in [0, 0.05) is 19.3 Å². The number of rotatable bonds is 20. The molecule has 0 aromatic rings. The summed E-state index contributed by atoms with van der Waals surface area (Å²) in [6.45, 7) is 19.9. The van der Waals surface area contributed by atoms with Gasteiger partial charge in [-0.2, -0.15) is 0 Å². The van der Waals surface area contributed by atoms with Gasteiger partial charge in [-0.3, -0.25) is 36.2 Å². The highest BCUT2D eigenvalue weighted by Crippen LogP contribution is 2.54. The second kappa shape index (κ2) is 19.8. The van der Waals surface area contributed by atoms with E-state index in [2.05, 4.69) is 27.4 Å². The summed E-state index contributed by atoms with van der Waals surface area (Å²) in [7, 11) is -19.0.